The molecule has 2 heterocycles. The molecule has 2 amide bonds. The van der Waals surface area contributed by atoms with Crippen LogP contribution in [0.1, 0.15) is 12.0 Å². The van der Waals surface area contributed by atoms with Gasteiger partial charge in [0.2, 0.25) is 17.7 Å². The smallest absolute Gasteiger partial charge is 0.416 e. The van der Waals surface area contributed by atoms with E-state index in [4.69, 9.17) is 4.74 Å². The van der Waals surface area contributed by atoms with Gasteiger partial charge in [-0.05, 0) is 24.3 Å². The number of carbonyl (C=O) groups is 2. The number of halogens is 3. The fourth-order valence-electron chi connectivity index (χ4n) is 2.42. The number of anilines is 2. The van der Waals surface area contributed by atoms with Crippen LogP contribution in [0.4, 0.5) is 24.5 Å². The molecule has 0 saturated heterocycles. The van der Waals surface area contributed by atoms with Gasteiger partial charge >= 0.3 is 6.18 Å². The van der Waals surface area contributed by atoms with Crippen molar-refractivity contribution in [1.82, 2.24) is 4.98 Å². The second-order valence-electron chi connectivity index (χ2n) is 5.65. The molecule has 6 nitrogen and oxygen atoms in total. The van der Waals surface area contributed by atoms with Crippen molar-refractivity contribution in [3.63, 3.8) is 0 Å². The summed E-state index contributed by atoms with van der Waals surface area (Å²) in [5.74, 6) is -0.537. The lowest BCUT2D eigenvalue weighted by atomic mass is 10.1. The maximum Gasteiger partial charge on any atom is 0.416 e. The van der Waals surface area contributed by atoms with E-state index < -0.39 is 28.8 Å². The van der Waals surface area contributed by atoms with Crippen LogP contribution in [-0.2, 0) is 15.8 Å². The van der Waals surface area contributed by atoms with Crippen LogP contribution in [0.3, 0.4) is 0 Å². The van der Waals surface area contributed by atoms with Crippen molar-refractivity contribution in [2.75, 3.05) is 17.7 Å². The number of thioether (sulfide) groups is 1. The minimum absolute atomic E-state index is 0.0934. The maximum absolute atomic E-state index is 12.8. The van der Waals surface area contributed by atoms with E-state index in [1.807, 2.05) is 0 Å². The van der Waals surface area contributed by atoms with Crippen molar-refractivity contribution in [2.24, 2.45) is 0 Å². The van der Waals surface area contributed by atoms with E-state index in [9.17, 15) is 22.8 Å². The Hall–Kier alpha value is -2.75. The van der Waals surface area contributed by atoms with Crippen LogP contribution in [0, 0.1) is 0 Å². The zero-order valence-electron chi connectivity index (χ0n) is 14.0. The minimum atomic E-state index is -4.49. The summed E-state index contributed by atoms with van der Waals surface area (Å²) in [5.41, 5.74) is -0.307. The van der Waals surface area contributed by atoms with E-state index >= 15 is 0 Å². The fourth-order valence-corrected chi connectivity index (χ4v) is 3.51. The van der Waals surface area contributed by atoms with Crippen LogP contribution >= 0.6 is 11.8 Å². The van der Waals surface area contributed by atoms with Crippen LogP contribution in [0.25, 0.3) is 0 Å². The second-order valence-corrected chi connectivity index (χ2v) is 6.89. The van der Waals surface area contributed by atoms with Gasteiger partial charge in [0.15, 0.2) is 0 Å². The van der Waals surface area contributed by atoms with E-state index in [0.29, 0.717) is 16.5 Å². The molecule has 1 aliphatic rings. The van der Waals surface area contributed by atoms with Gasteiger partial charge in [-0.15, -0.1) is 11.8 Å². The molecular weight excluding hydrogens is 383 g/mol. The van der Waals surface area contributed by atoms with Gasteiger partial charge in [0.25, 0.3) is 0 Å². The van der Waals surface area contributed by atoms with E-state index in [0.717, 1.165) is 23.9 Å². The number of amides is 2. The monoisotopic (exact) mass is 397 g/mol. The maximum atomic E-state index is 12.8. The van der Waals surface area contributed by atoms with Gasteiger partial charge in [-0.2, -0.15) is 13.2 Å². The SMILES string of the molecule is COc1ccc(NC(=O)C[C@H]2Sc3ccc(C(F)(F)F)cc3NC2=O)cn1. The average Bonchev–Trinajstić information content (AvgIpc) is 2.61. The lowest BCUT2D eigenvalue weighted by Crippen LogP contribution is -2.32. The predicted octanol–water partition coefficient (Wildman–Crippen LogP) is 3.55. The first-order valence-electron chi connectivity index (χ1n) is 7.75. The Morgan fingerprint density at radius 2 is 2.11 bits per heavy atom. The highest BCUT2D eigenvalue weighted by Gasteiger charge is 2.34. The number of hydrogen-bond donors (Lipinski definition) is 2. The van der Waals surface area contributed by atoms with Gasteiger partial charge in [-0.1, -0.05) is 0 Å². The molecule has 1 aliphatic heterocycles. The summed E-state index contributed by atoms with van der Waals surface area (Å²) in [7, 11) is 1.47. The van der Waals surface area contributed by atoms with E-state index in [-0.39, 0.29) is 12.1 Å². The molecule has 3 rings (SSSR count). The molecule has 0 aliphatic carbocycles. The molecule has 0 spiro atoms. The predicted molar refractivity (Wildman–Crippen MR) is 93.8 cm³/mol. The number of aromatic nitrogens is 1. The largest absolute Gasteiger partial charge is 0.481 e. The molecule has 0 saturated carbocycles. The zero-order chi connectivity index (χ0) is 19.6. The van der Waals surface area contributed by atoms with E-state index in [1.165, 1.54) is 19.4 Å². The van der Waals surface area contributed by atoms with Crippen LogP contribution in [0.5, 0.6) is 5.88 Å². The normalized spacial score (nSPS) is 16.3. The third-order valence-corrected chi connectivity index (χ3v) is 5.00. The van der Waals surface area contributed by atoms with Crippen LogP contribution < -0.4 is 15.4 Å². The number of ether oxygens (including phenoxy) is 1. The third kappa shape index (κ3) is 4.51. The van der Waals surface area contributed by atoms with E-state index in [1.54, 1.807) is 12.1 Å². The average molecular weight is 397 g/mol. The number of nitrogens with zero attached hydrogens (tertiary/aromatic N) is 1. The fraction of sp³-hybridized carbons (Fsp3) is 0.235. The Bertz CT molecular complexity index is 872. The number of rotatable bonds is 4. The zero-order valence-corrected chi connectivity index (χ0v) is 14.8. The highest BCUT2D eigenvalue weighted by atomic mass is 32.2. The second kappa shape index (κ2) is 7.47. The third-order valence-electron chi connectivity index (χ3n) is 3.73. The van der Waals surface area contributed by atoms with Gasteiger partial charge in [-0.25, -0.2) is 4.98 Å². The first kappa shape index (κ1) is 19.0. The number of nitrogens with one attached hydrogen (secondary N) is 2. The Kier molecular flexibility index (Phi) is 5.26. The Balaban J connectivity index is 1.66. The molecule has 2 N–H and O–H groups in total. The first-order valence-corrected chi connectivity index (χ1v) is 8.63. The van der Waals surface area contributed by atoms with Gasteiger partial charge in [0.05, 0.1) is 35.5 Å². The summed E-state index contributed by atoms with van der Waals surface area (Å²) >= 11 is 1.05. The van der Waals surface area contributed by atoms with Crippen molar-refractivity contribution in [3.8, 4) is 5.88 Å². The highest BCUT2D eigenvalue weighted by molar-refractivity contribution is 8.01. The van der Waals surface area contributed by atoms with Gasteiger partial charge in [0, 0.05) is 17.4 Å². The quantitative estimate of drug-likeness (QED) is 0.825. The van der Waals surface area contributed by atoms with E-state index in [2.05, 4.69) is 15.6 Å². The Morgan fingerprint density at radius 3 is 2.74 bits per heavy atom. The molecule has 1 aromatic carbocycles. The molecule has 142 valence electrons. The summed E-state index contributed by atoms with van der Waals surface area (Å²) in [6, 6.07) is 6.31. The number of hydrogen-bond acceptors (Lipinski definition) is 5. The standard InChI is InChI=1S/C17H14F3N3O3S/c1-26-15-5-3-10(8-21-15)22-14(24)7-13-16(25)23-11-6-9(17(18,19)20)2-4-12(11)27-13/h2-6,8,13H,7H2,1H3,(H,22,24)(H,23,25)/t13-/m1/s1. The Morgan fingerprint density at radius 1 is 1.33 bits per heavy atom. The van der Waals surface area contributed by atoms with Crippen LogP contribution in [0.15, 0.2) is 41.4 Å². The molecule has 10 heteroatoms. The highest BCUT2D eigenvalue weighted by Crippen LogP contribution is 2.40. The summed E-state index contributed by atoms with van der Waals surface area (Å²) in [4.78, 5) is 28.8. The molecule has 2 aromatic rings. The van der Waals surface area contributed by atoms with Crippen LogP contribution in [-0.4, -0.2) is 29.2 Å². The Labute approximate surface area is 156 Å². The molecule has 0 bridgehead atoms. The molecule has 0 fully saturated rings. The molecule has 1 aromatic heterocycles. The summed E-state index contributed by atoms with van der Waals surface area (Å²) in [6.45, 7) is 0. The van der Waals surface area contributed by atoms with Crippen molar-refractivity contribution in [1.29, 1.82) is 0 Å². The first-order chi connectivity index (χ1) is 12.8. The van der Waals surface area contributed by atoms with Crippen molar-refractivity contribution in [3.05, 3.63) is 42.1 Å². The molecule has 1 atom stereocenters. The topological polar surface area (TPSA) is 80.3 Å². The van der Waals surface area contributed by atoms with Gasteiger partial charge in [0.1, 0.15) is 0 Å². The number of benzene rings is 1. The number of alkyl halides is 3. The number of carbonyl (C=O) groups excluding carboxylic acids is 2. The molecule has 27 heavy (non-hydrogen) atoms. The summed E-state index contributed by atoms with van der Waals surface area (Å²) in [5, 5.41) is 4.30. The summed E-state index contributed by atoms with van der Waals surface area (Å²) in [6.07, 6.45) is -3.21. The molecular formula is C17H14F3N3O3S. The molecule has 0 unspecified atom stereocenters. The van der Waals surface area contributed by atoms with Gasteiger partial charge in [-0.3, -0.25) is 9.59 Å². The van der Waals surface area contributed by atoms with Crippen LogP contribution in [0.2, 0.25) is 0 Å². The number of methoxy groups -OCH3 is 1. The summed E-state index contributed by atoms with van der Waals surface area (Å²) < 4.78 is 43.2. The van der Waals surface area contributed by atoms with Crippen molar-refractivity contribution >= 4 is 35.0 Å². The lowest BCUT2D eigenvalue weighted by molar-refractivity contribution is -0.137. The van der Waals surface area contributed by atoms with Gasteiger partial charge < -0.3 is 15.4 Å². The van der Waals surface area contributed by atoms with Crippen molar-refractivity contribution in [2.45, 2.75) is 22.7 Å². The number of pyridine rings is 1. The molecule has 0 radical (unpaired) electrons. The number of fused-ring (bicyclic) bond motifs is 1. The lowest BCUT2D eigenvalue weighted by Gasteiger charge is -2.24. The van der Waals surface area contributed by atoms with Crippen molar-refractivity contribution < 1.29 is 27.5 Å². The minimum Gasteiger partial charge on any atom is -0.481 e.